The number of carbonyl (C=O) groups excluding carboxylic acids is 1. The average molecular weight is 382 g/mol. The Morgan fingerprint density at radius 3 is 2.74 bits per heavy atom. The molecule has 0 aliphatic rings. The minimum atomic E-state index is 0.0155. The van der Waals surface area contributed by atoms with Crippen molar-refractivity contribution >= 4 is 29.8 Å². The van der Waals surface area contributed by atoms with Gasteiger partial charge < -0.3 is 9.32 Å². The zero-order chi connectivity index (χ0) is 19.2. The summed E-state index contributed by atoms with van der Waals surface area (Å²) in [5.74, 6) is 2.54. The maximum absolute atomic E-state index is 12.5. The first-order valence-electron chi connectivity index (χ1n) is 8.63. The van der Waals surface area contributed by atoms with Crippen LogP contribution in [0.2, 0.25) is 0 Å². The number of thioether (sulfide) groups is 1. The van der Waals surface area contributed by atoms with Gasteiger partial charge >= 0.3 is 0 Å². The highest BCUT2D eigenvalue weighted by Gasteiger charge is 2.18. The Kier molecular flexibility index (Phi) is 6.13. The topological polar surface area (TPSA) is 75.0 Å². The summed E-state index contributed by atoms with van der Waals surface area (Å²) in [6, 6.07) is 13.8. The number of hydrogen-bond donors (Lipinski definition) is 1. The van der Waals surface area contributed by atoms with E-state index in [0.29, 0.717) is 11.0 Å². The van der Waals surface area contributed by atoms with E-state index in [0.717, 1.165) is 17.1 Å². The van der Waals surface area contributed by atoms with Crippen LogP contribution in [0.3, 0.4) is 0 Å². The van der Waals surface area contributed by atoms with Crippen molar-refractivity contribution in [1.82, 2.24) is 20.1 Å². The first kappa shape index (κ1) is 19.0. The Labute approximate surface area is 162 Å². The van der Waals surface area contributed by atoms with Gasteiger partial charge in [-0.1, -0.05) is 42.1 Å². The fourth-order valence-corrected chi connectivity index (χ4v) is 3.23. The Morgan fingerprint density at radius 2 is 2.04 bits per heavy atom. The van der Waals surface area contributed by atoms with E-state index < -0.39 is 0 Å². The lowest BCUT2D eigenvalue weighted by molar-refractivity contribution is -0.128. The fourth-order valence-electron chi connectivity index (χ4n) is 2.50. The smallest absolute Gasteiger partial charge is 0.233 e. The summed E-state index contributed by atoms with van der Waals surface area (Å²) in [4.78, 5) is 18.6. The van der Waals surface area contributed by atoms with Gasteiger partial charge in [0.25, 0.3) is 0 Å². The molecule has 7 heteroatoms. The number of aryl methyl sites for hydroxylation is 1. The Balaban J connectivity index is 1.53. The molecule has 0 aliphatic carbocycles. The van der Waals surface area contributed by atoms with Crippen LogP contribution in [0.25, 0.3) is 12.2 Å². The van der Waals surface area contributed by atoms with Crippen molar-refractivity contribution in [2.75, 3.05) is 12.8 Å². The van der Waals surface area contributed by atoms with Gasteiger partial charge in [0.1, 0.15) is 17.3 Å². The third kappa shape index (κ3) is 5.10. The molecule has 140 valence electrons. The average Bonchev–Trinajstić information content (AvgIpc) is 3.32. The van der Waals surface area contributed by atoms with Gasteiger partial charge in [0.2, 0.25) is 11.1 Å². The molecule has 0 spiro atoms. The van der Waals surface area contributed by atoms with Gasteiger partial charge in [-0.05, 0) is 43.7 Å². The van der Waals surface area contributed by atoms with Crippen LogP contribution in [0.5, 0.6) is 0 Å². The highest BCUT2D eigenvalue weighted by molar-refractivity contribution is 7.99. The summed E-state index contributed by atoms with van der Waals surface area (Å²) in [6.45, 7) is 3.91. The van der Waals surface area contributed by atoms with E-state index in [1.807, 2.05) is 69.4 Å². The summed E-state index contributed by atoms with van der Waals surface area (Å²) >= 11 is 1.31. The molecule has 2 aromatic heterocycles. The van der Waals surface area contributed by atoms with Crippen LogP contribution in [0, 0.1) is 6.92 Å². The number of benzene rings is 1. The standard InChI is InChI=1S/C20H22N4O2S/c1-14-9-10-17(26-14)11-12-18-21-20(23-22-18)27-13-19(25)24(3)15(2)16-7-5-4-6-8-16/h4-12,15H,13H2,1-3H3,(H,21,22,23)/b12-11+. The quantitative estimate of drug-likeness (QED) is 0.620. The van der Waals surface area contributed by atoms with Gasteiger partial charge in [-0.2, -0.15) is 0 Å². The largest absolute Gasteiger partial charge is 0.462 e. The summed E-state index contributed by atoms with van der Waals surface area (Å²) in [5.41, 5.74) is 1.11. The second-order valence-corrected chi connectivity index (χ2v) is 7.11. The Hall–Kier alpha value is -2.80. The number of nitrogens with one attached hydrogen (secondary N) is 1. The summed E-state index contributed by atoms with van der Waals surface area (Å²) < 4.78 is 5.47. The highest BCUT2D eigenvalue weighted by Crippen LogP contribution is 2.21. The number of H-pyrrole nitrogens is 1. The Bertz CT molecular complexity index is 917. The number of hydrogen-bond acceptors (Lipinski definition) is 5. The summed E-state index contributed by atoms with van der Waals surface area (Å²) in [5, 5.41) is 7.53. The SMILES string of the molecule is Cc1ccc(/C=C/c2nc(SCC(=O)N(C)C(C)c3ccccc3)n[nH]2)o1. The van der Waals surface area contributed by atoms with Crippen molar-refractivity contribution in [2.24, 2.45) is 0 Å². The normalized spacial score (nSPS) is 12.4. The van der Waals surface area contributed by atoms with Gasteiger partial charge in [0, 0.05) is 7.05 Å². The van der Waals surface area contributed by atoms with E-state index in [4.69, 9.17) is 4.42 Å². The molecule has 3 aromatic rings. The lowest BCUT2D eigenvalue weighted by Gasteiger charge is -2.25. The van der Waals surface area contributed by atoms with Crippen LogP contribution in [0.1, 0.15) is 35.9 Å². The molecule has 6 nitrogen and oxygen atoms in total. The lowest BCUT2D eigenvalue weighted by Crippen LogP contribution is -2.31. The number of carbonyl (C=O) groups is 1. The molecule has 2 heterocycles. The lowest BCUT2D eigenvalue weighted by atomic mass is 10.1. The summed E-state index contributed by atoms with van der Waals surface area (Å²) in [6.07, 6.45) is 3.61. The van der Waals surface area contributed by atoms with Crippen LogP contribution in [0.4, 0.5) is 0 Å². The molecule has 0 radical (unpaired) electrons. The maximum atomic E-state index is 12.5. The first-order valence-corrected chi connectivity index (χ1v) is 9.62. The van der Waals surface area contributed by atoms with Gasteiger partial charge in [-0.25, -0.2) is 4.98 Å². The van der Waals surface area contributed by atoms with Gasteiger partial charge in [0.15, 0.2) is 0 Å². The molecule has 0 saturated carbocycles. The van der Waals surface area contributed by atoms with Crippen molar-refractivity contribution < 1.29 is 9.21 Å². The molecule has 0 aliphatic heterocycles. The molecule has 1 amide bonds. The second-order valence-electron chi connectivity index (χ2n) is 6.16. The predicted octanol–water partition coefficient (Wildman–Crippen LogP) is 4.19. The minimum Gasteiger partial charge on any atom is -0.462 e. The monoisotopic (exact) mass is 382 g/mol. The van der Waals surface area contributed by atoms with E-state index in [1.165, 1.54) is 11.8 Å². The molecule has 3 rings (SSSR count). The number of nitrogens with zero attached hydrogens (tertiary/aromatic N) is 3. The van der Waals surface area contributed by atoms with Crippen LogP contribution in [-0.2, 0) is 4.79 Å². The molecule has 1 atom stereocenters. The Morgan fingerprint density at radius 1 is 1.26 bits per heavy atom. The highest BCUT2D eigenvalue weighted by atomic mass is 32.2. The molecule has 0 bridgehead atoms. The van der Waals surface area contributed by atoms with E-state index in [2.05, 4.69) is 15.2 Å². The van der Waals surface area contributed by atoms with Crippen LogP contribution < -0.4 is 0 Å². The molecule has 27 heavy (non-hydrogen) atoms. The number of aromatic amines is 1. The molecule has 0 saturated heterocycles. The third-order valence-corrected chi connectivity index (χ3v) is 5.06. The number of furan rings is 1. The molecule has 0 fully saturated rings. The molecular formula is C20H22N4O2S. The molecule has 1 unspecified atom stereocenters. The summed E-state index contributed by atoms with van der Waals surface area (Å²) in [7, 11) is 1.82. The molecule has 1 N–H and O–H groups in total. The van der Waals surface area contributed by atoms with Crippen LogP contribution in [-0.4, -0.2) is 38.8 Å². The van der Waals surface area contributed by atoms with Crippen molar-refractivity contribution in [1.29, 1.82) is 0 Å². The zero-order valence-corrected chi connectivity index (χ0v) is 16.4. The molecular weight excluding hydrogens is 360 g/mol. The van der Waals surface area contributed by atoms with Gasteiger partial charge in [-0.15, -0.1) is 5.10 Å². The van der Waals surface area contributed by atoms with Crippen molar-refractivity contribution in [3.8, 4) is 0 Å². The van der Waals surface area contributed by atoms with Crippen molar-refractivity contribution in [2.45, 2.75) is 25.0 Å². The minimum absolute atomic E-state index is 0.0155. The first-order chi connectivity index (χ1) is 13.0. The van der Waals surface area contributed by atoms with Gasteiger partial charge in [0.05, 0.1) is 11.8 Å². The van der Waals surface area contributed by atoms with E-state index in [1.54, 1.807) is 11.0 Å². The number of aromatic nitrogens is 3. The maximum Gasteiger partial charge on any atom is 0.233 e. The predicted molar refractivity (Wildman–Crippen MR) is 107 cm³/mol. The van der Waals surface area contributed by atoms with Crippen LogP contribution in [0.15, 0.2) is 52.0 Å². The van der Waals surface area contributed by atoms with E-state index >= 15 is 0 Å². The van der Waals surface area contributed by atoms with Crippen molar-refractivity contribution in [3.05, 3.63) is 65.4 Å². The zero-order valence-electron chi connectivity index (χ0n) is 15.5. The van der Waals surface area contributed by atoms with E-state index in [-0.39, 0.29) is 17.7 Å². The van der Waals surface area contributed by atoms with Crippen molar-refractivity contribution in [3.63, 3.8) is 0 Å². The number of rotatable bonds is 7. The molecule has 1 aromatic carbocycles. The fraction of sp³-hybridized carbons (Fsp3) is 0.250. The second kappa shape index (κ2) is 8.73. The third-order valence-electron chi connectivity index (χ3n) is 4.23. The number of amides is 1. The van der Waals surface area contributed by atoms with Gasteiger partial charge in [-0.3, -0.25) is 9.89 Å². The van der Waals surface area contributed by atoms with E-state index in [9.17, 15) is 4.79 Å². The van der Waals surface area contributed by atoms with Crippen LogP contribution >= 0.6 is 11.8 Å².